The lowest BCUT2D eigenvalue weighted by Crippen LogP contribution is -2.37. The van der Waals surface area contributed by atoms with Gasteiger partial charge in [-0.15, -0.1) is 0 Å². The van der Waals surface area contributed by atoms with Gasteiger partial charge in [-0.3, -0.25) is 4.79 Å². The Morgan fingerprint density at radius 2 is 2.23 bits per heavy atom. The summed E-state index contributed by atoms with van der Waals surface area (Å²) >= 11 is 0. The second-order valence-electron chi connectivity index (χ2n) is 2.62. The number of hydrogen-bond donors (Lipinski definition) is 2. The number of esters is 1. The lowest BCUT2D eigenvalue weighted by Gasteiger charge is -2.15. The first-order valence-electron chi connectivity index (χ1n) is 4.14. The van der Waals surface area contributed by atoms with Crippen LogP contribution in [0.3, 0.4) is 0 Å². The molecule has 0 saturated carbocycles. The minimum Gasteiger partial charge on any atom is -0.468 e. The van der Waals surface area contributed by atoms with Crippen molar-refractivity contribution in [2.75, 3.05) is 34.0 Å². The third-order valence-corrected chi connectivity index (χ3v) is 1.61. The standard InChI is InChI=1S/C8H17NO4/c1-12-6-7(3-4-10)9-5-8(11)13-2/h7,9-10H,3-6H2,1-2H3. The number of carbonyl (C=O) groups is 1. The first-order valence-corrected chi connectivity index (χ1v) is 4.14. The topological polar surface area (TPSA) is 67.8 Å². The van der Waals surface area contributed by atoms with Crippen LogP contribution in [0.15, 0.2) is 0 Å². The van der Waals surface area contributed by atoms with Crippen LogP contribution in [0.1, 0.15) is 6.42 Å². The zero-order chi connectivity index (χ0) is 10.1. The summed E-state index contributed by atoms with van der Waals surface area (Å²) < 4.78 is 9.35. The van der Waals surface area contributed by atoms with Gasteiger partial charge in [-0.2, -0.15) is 0 Å². The molecule has 0 aromatic rings. The van der Waals surface area contributed by atoms with Gasteiger partial charge in [0.05, 0.1) is 20.3 Å². The predicted molar refractivity (Wildman–Crippen MR) is 47.4 cm³/mol. The van der Waals surface area contributed by atoms with Gasteiger partial charge in [0.2, 0.25) is 0 Å². The SMILES string of the molecule is COCC(CCO)NCC(=O)OC. The minimum absolute atomic E-state index is 0.00546. The minimum atomic E-state index is -0.320. The van der Waals surface area contributed by atoms with Crippen LogP contribution >= 0.6 is 0 Å². The van der Waals surface area contributed by atoms with Gasteiger partial charge < -0.3 is 19.9 Å². The maximum absolute atomic E-state index is 10.7. The van der Waals surface area contributed by atoms with Gasteiger partial charge in [-0.25, -0.2) is 0 Å². The van der Waals surface area contributed by atoms with Crippen molar-refractivity contribution in [3.05, 3.63) is 0 Å². The molecule has 0 heterocycles. The predicted octanol–water partition coefficient (Wildman–Crippen LogP) is -0.854. The van der Waals surface area contributed by atoms with Crippen LogP contribution in [0.4, 0.5) is 0 Å². The monoisotopic (exact) mass is 191 g/mol. The van der Waals surface area contributed by atoms with Crippen molar-refractivity contribution in [3.63, 3.8) is 0 Å². The van der Waals surface area contributed by atoms with E-state index in [0.717, 1.165) is 0 Å². The third-order valence-electron chi connectivity index (χ3n) is 1.61. The van der Waals surface area contributed by atoms with E-state index in [9.17, 15) is 4.79 Å². The molecule has 2 N–H and O–H groups in total. The second-order valence-corrected chi connectivity index (χ2v) is 2.62. The Morgan fingerprint density at radius 3 is 2.69 bits per heavy atom. The molecule has 0 saturated heterocycles. The first kappa shape index (κ1) is 12.3. The Balaban J connectivity index is 3.61. The van der Waals surface area contributed by atoms with E-state index in [1.807, 2.05) is 0 Å². The van der Waals surface area contributed by atoms with E-state index in [0.29, 0.717) is 13.0 Å². The van der Waals surface area contributed by atoms with Crippen molar-refractivity contribution in [3.8, 4) is 0 Å². The zero-order valence-electron chi connectivity index (χ0n) is 8.08. The number of rotatable bonds is 7. The summed E-state index contributed by atoms with van der Waals surface area (Å²) in [6.45, 7) is 0.685. The molecule has 0 bridgehead atoms. The van der Waals surface area contributed by atoms with Gasteiger partial charge in [-0.05, 0) is 6.42 Å². The summed E-state index contributed by atoms with van der Waals surface area (Å²) in [7, 11) is 2.91. The molecule has 0 aromatic carbocycles. The maximum atomic E-state index is 10.7. The fourth-order valence-electron chi connectivity index (χ4n) is 0.901. The van der Waals surface area contributed by atoms with Crippen LogP contribution in [0.25, 0.3) is 0 Å². The molecule has 78 valence electrons. The van der Waals surface area contributed by atoms with Gasteiger partial charge in [-0.1, -0.05) is 0 Å². The fourth-order valence-corrected chi connectivity index (χ4v) is 0.901. The number of hydrogen-bond acceptors (Lipinski definition) is 5. The summed E-state index contributed by atoms with van der Waals surface area (Å²) in [6, 6.07) is -0.00546. The van der Waals surface area contributed by atoms with Crippen LogP contribution in [0.5, 0.6) is 0 Å². The molecule has 0 aliphatic rings. The molecule has 1 atom stereocenters. The molecule has 0 aliphatic heterocycles. The first-order chi connectivity index (χ1) is 6.24. The molecule has 5 nitrogen and oxygen atoms in total. The summed E-state index contributed by atoms with van der Waals surface area (Å²) in [4.78, 5) is 10.7. The lowest BCUT2D eigenvalue weighted by molar-refractivity contribution is -0.139. The maximum Gasteiger partial charge on any atom is 0.319 e. The molecule has 0 spiro atoms. The zero-order valence-corrected chi connectivity index (χ0v) is 8.08. The number of aliphatic hydroxyl groups excluding tert-OH is 1. The highest BCUT2D eigenvalue weighted by molar-refractivity contribution is 5.71. The summed E-state index contributed by atoms with van der Waals surface area (Å²) in [5.41, 5.74) is 0. The van der Waals surface area contributed by atoms with E-state index in [-0.39, 0.29) is 25.2 Å². The second kappa shape index (κ2) is 7.97. The Labute approximate surface area is 78.0 Å². The smallest absolute Gasteiger partial charge is 0.319 e. The Bertz CT molecular complexity index is 134. The van der Waals surface area contributed by atoms with Crippen molar-refractivity contribution >= 4 is 5.97 Å². The van der Waals surface area contributed by atoms with Crippen molar-refractivity contribution in [1.29, 1.82) is 0 Å². The number of nitrogens with one attached hydrogen (secondary N) is 1. The van der Waals surface area contributed by atoms with Crippen LogP contribution in [-0.4, -0.2) is 51.1 Å². The fraction of sp³-hybridized carbons (Fsp3) is 0.875. The highest BCUT2D eigenvalue weighted by Gasteiger charge is 2.09. The van der Waals surface area contributed by atoms with E-state index in [1.54, 1.807) is 7.11 Å². The third kappa shape index (κ3) is 6.51. The van der Waals surface area contributed by atoms with Gasteiger partial charge in [0.15, 0.2) is 0 Å². The van der Waals surface area contributed by atoms with E-state index < -0.39 is 0 Å². The van der Waals surface area contributed by atoms with Crippen LogP contribution in [-0.2, 0) is 14.3 Å². The Kier molecular flexibility index (Phi) is 7.57. The molecule has 0 fully saturated rings. The van der Waals surface area contributed by atoms with Gasteiger partial charge >= 0.3 is 5.97 Å². The molecule has 0 aliphatic carbocycles. The summed E-state index contributed by atoms with van der Waals surface area (Å²) in [5, 5.41) is 11.6. The van der Waals surface area contributed by atoms with Gasteiger partial charge in [0, 0.05) is 19.8 Å². The van der Waals surface area contributed by atoms with Crippen molar-refractivity contribution in [1.82, 2.24) is 5.32 Å². The molecule has 5 heteroatoms. The highest BCUT2D eigenvalue weighted by atomic mass is 16.5. The van der Waals surface area contributed by atoms with Crippen LogP contribution < -0.4 is 5.32 Å². The van der Waals surface area contributed by atoms with Crippen molar-refractivity contribution < 1.29 is 19.4 Å². The average molecular weight is 191 g/mol. The molecular formula is C8H17NO4. The van der Waals surface area contributed by atoms with Crippen LogP contribution in [0, 0.1) is 0 Å². The van der Waals surface area contributed by atoms with Gasteiger partial charge in [0.1, 0.15) is 0 Å². The number of ether oxygens (including phenoxy) is 2. The van der Waals surface area contributed by atoms with E-state index in [2.05, 4.69) is 10.1 Å². The lowest BCUT2D eigenvalue weighted by atomic mass is 10.2. The molecule has 1 unspecified atom stereocenters. The Morgan fingerprint density at radius 1 is 1.54 bits per heavy atom. The van der Waals surface area contributed by atoms with Crippen molar-refractivity contribution in [2.45, 2.75) is 12.5 Å². The van der Waals surface area contributed by atoms with Gasteiger partial charge in [0.25, 0.3) is 0 Å². The highest BCUT2D eigenvalue weighted by Crippen LogP contribution is 1.91. The number of methoxy groups -OCH3 is 2. The quantitative estimate of drug-likeness (QED) is 0.513. The normalized spacial score (nSPS) is 12.5. The number of aliphatic hydroxyl groups is 1. The van der Waals surface area contributed by atoms with E-state index >= 15 is 0 Å². The average Bonchev–Trinajstić information content (AvgIpc) is 2.14. The molecule has 0 radical (unpaired) electrons. The van der Waals surface area contributed by atoms with E-state index in [4.69, 9.17) is 9.84 Å². The number of carbonyl (C=O) groups excluding carboxylic acids is 1. The summed E-state index contributed by atoms with van der Waals surface area (Å²) in [5.74, 6) is -0.320. The molecular weight excluding hydrogens is 174 g/mol. The Hall–Kier alpha value is -0.650. The largest absolute Gasteiger partial charge is 0.468 e. The van der Waals surface area contributed by atoms with E-state index in [1.165, 1.54) is 7.11 Å². The molecule has 13 heavy (non-hydrogen) atoms. The molecule has 0 aromatic heterocycles. The van der Waals surface area contributed by atoms with Crippen molar-refractivity contribution in [2.24, 2.45) is 0 Å². The summed E-state index contributed by atoms with van der Waals surface area (Å²) in [6.07, 6.45) is 0.560. The van der Waals surface area contributed by atoms with Crippen LogP contribution in [0.2, 0.25) is 0 Å². The molecule has 0 rings (SSSR count). The molecule has 0 amide bonds.